The van der Waals surface area contributed by atoms with Gasteiger partial charge in [0.25, 0.3) is 0 Å². The zero-order valence-corrected chi connectivity index (χ0v) is 76.5. The van der Waals surface area contributed by atoms with Crippen LogP contribution in [-0.2, 0) is 0 Å². The van der Waals surface area contributed by atoms with Crippen molar-refractivity contribution >= 4 is 88.5 Å². The van der Waals surface area contributed by atoms with Crippen molar-refractivity contribution in [3.05, 3.63) is 463 Å². The van der Waals surface area contributed by atoms with Crippen molar-refractivity contribution in [2.24, 2.45) is 0 Å². The molecule has 144 heavy (non-hydrogen) atoms. The van der Waals surface area contributed by atoms with E-state index in [0.717, 1.165) is 213 Å². The van der Waals surface area contributed by atoms with Gasteiger partial charge in [-0.3, -0.25) is 58.1 Å². The molecular formula is C120H76N20O4. The van der Waals surface area contributed by atoms with Gasteiger partial charge in [-0.2, -0.15) is 0 Å². The third kappa shape index (κ3) is 16.5. The normalized spacial score (nSPS) is 11.3. The molecule has 0 fully saturated rings. The first-order valence-corrected chi connectivity index (χ1v) is 46.6. The SMILES string of the molecule is c1ccc(-n2c(-c3cccnc3-c3ncccc3-c3nc4ccccc4n3-c3ccccc3)nc3ccccc32)cc1.c1ccc(-n2c(-c3cncc(-c4cncc(-c5nc6ccccc6n5-c5ccccc5)c4)c3)nc3ccccc32)cc1.c1ccc2oc(-c3cncc(-c4cncc(-c5nc6ccccc6o5)c4)c3)nc2c1.c1cnc(-c2ncccc2-c2nc3ccccc3o2)c(-c2nc3ccccc3o2)c1. The van der Waals surface area contributed by atoms with Crippen LogP contribution >= 0.6 is 0 Å². The van der Waals surface area contributed by atoms with Crippen LogP contribution in [0, 0.1) is 0 Å². The highest BCUT2D eigenvalue weighted by molar-refractivity contribution is 5.95. The van der Waals surface area contributed by atoms with E-state index in [0.29, 0.717) is 35.0 Å². The lowest BCUT2D eigenvalue weighted by Crippen LogP contribution is -2.03. The average molecular weight is 1860 g/mol. The molecule has 24 heteroatoms. The molecule has 12 aromatic carbocycles. The Morgan fingerprint density at radius 1 is 0.167 bits per heavy atom. The van der Waals surface area contributed by atoms with Crippen molar-refractivity contribution in [1.29, 1.82) is 0 Å². The number of fused-ring (bicyclic) bond motifs is 8. The lowest BCUT2D eigenvalue weighted by molar-refractivity contribution is 0.618. The summed E-state index contributed by atoms with van der Waals surface area (Å²) in [6, 6.07) is 129. The smallest absolute Gasteiger partial charge is 0.229 e. The number of pyridine rings is 8. The Kier molecular flexibility index (Phi) is 22.3. The summed E-state index contributed by atoms with van der Waals surface area (Å²) in [6.07, 6.45) is 21.6. The standard InChI is InChI=1S/2C36H24N6.2C24H14N4O2/c1-3-13-25(14-4-1)41-31-21-9-7-19-29(31)39-35(41)27-17-11-23-37-33(27)34-28(18-12-24-38-34)36-40-30-20-8-10-22-32(30)42(36)26-15-5-2-6-16-26;1-3-11-29(12-4-1)41-33-17-9-7-15-31(33)39-35(41)27-19-25(21-37-23-27)26-20-28(24-38-22-26)36-40-32-16-8-10-18-34(32)42(36)30-13-5-2-6-14-30;1-3-11-19-17(9-1)27-23(29-19)15-7-5-13-25-21(15)22-16(8-6-14-26-22)24-28-18-10-2-4-12-20(18)30-24;1-3-7-21-19(5-1)27-23(29-21)17-9-15(11-25-13-17)16-10-18(14-26-12-16)24-28-20-6-2-4-8-22(20)30-24/h2*1-24H;2*1-14H. The summed E-state index contributed by atoms with van der Waals surface area (Å²) in [4.78, 5) is 75.8. The molecule has 0 spiro atoms. The molecule has 0 atom stereocenters. The van der Waals surface area contributed by atoms with Gasteiger partial charge < -0.3 is 17.7 Å². The van der Waals surface area contributed by atoms with Crippen LogP contribution in [0.1, 0.15) is 0 Å². The third-order valence-corrected chi connectivity index (χ3v) is 24.7. The molecule has 0 aliphatic rings. The number of hydrogen-bond acceptors (Lipinski definition) is 20. The fraction of sp³-hybridized carbons (Fsp3) is 0. The number of aromatic nitrogens is 20. The zero-order chi connectivity index (χ0) is 95.6. The van der Waals surface area contributed by atoms with Crippen LogP contribution in [0.5, 0.6) is 0 Å². The van der Waals surface area contributed by atoms with Crippen molar-refractivity contribution in [2.75, 3.05) is 0 Å². The Balaban J connectivity index is 0.000000102. The summed E-state index contributed by atoms with van der Waals surface area (Å²) in [7, 11) is 0. The number of benzene rings is 12. The van der Waals surface area contributed by atoms with Crippen LogP contribution in [0.4, 0.5) is 0 Å². The van der Waals surface area contributed by atoms with Gasteiger partial charge in [0, 0.05) is 142 Å². The Hall–Kier alpha value is -20.4. The van der Waals surface area contributed by atoms with Crippen molar-refractivity contribution < 1.29 is 17.7 Å². The molecule has 0 aliphatic heterocycles. The van der Waals surface area contributed by atoms with E-state index in [1.165, 1.54) is 0 Å². The summed E-state index contributed by atoms with van der Waals surface area (Å²) in [5, 5.41) is 0. The largest absolute Gasteiger partial charge is 0.436 e. The molecule has 0 bridgehead atoms. The highest BCUT2D eigenvalue weighted by Gasteiger charge is 2.28. The fourth-order valence-corrected chi connectivity index (χ4v) is 18.1. The highest BCUT2D eigenvalue weighted by atomic mass is 16.4. The van der Waals surface area contributed by atoms with E-state index in [1.54, 1.807) is 37.2 Å². The van der Waals surface area contributed by atoms with Gasteiger partial charge in [0.1, 0.15) is 68.1 Å². The van der Waals surface area contributed by atoms with Crippen molar-refractivity contribution in [2.45, 2.75) is 0 Å². The van der Waals surface area contributed by atoms with Gasteiger partial charge in [0.05, 0.1) is 66.4 Å². The van der Waals surface area contributed by atoms with Crippen molar-refractivity contribution in [3.8, 4) is 159 Å². The number of imidazole rings is 4. The topological polar surface area (TPSA) is 279 Å². The Morgan fingerprint density at radius 2 is 0.389 bits per heavy atom. The predicted octanol–water partition coefficient (Wildman–Crippen LogP) is 27.8. The first-order chi connectivity index (χ1) is 71.4. The highest BCUT2D eigenvalue weighted by Crippen LogP contribution is 2.43. The molecule has 0 N–H and O–H groups in total. The van der Waals surface area contributed by atoms with Crippen LogP contribution in [0.2, 0.25) is 0 Å². The van der Waals surface area contributed by atoms with Gasteiger partial charge in [-0.25, -0.2) is 39.9 Å². The molecule has 0 amide bonds. The number of nitrogens with zero attached hydrogens (tertiary/aromatic N) is 20. The quantitative estimate of drug-likeness (QED) is 0.0869. The minimum Gasteiger partial charge on any atom is -0.436 e. The summed E-state index contributed by atoms with van der Waals surface area (Å²) >= 11 is 0. The molecule has 0 saturated heterocycles. The maximum atomic E-state index is 5.99. The molecule has 0 radical (unpaired) electrons. The lowest BCUT2D eigenvalue weighted by Gasteiger charge is -2.15. The first-order valence-electron chi connectivity index (χ1n) is 46.6. The zero-order valence-electron chi connectivity index (χ0n) is 76.5. The second-order valence-electron chi connectivity index (χ2n) is 33.8. The van der Waals surface area contributed by atoms with Crippen LogP contribution in [0.15, 0.2) is 480 Å². The molecule has 16 heterocycles. The lowest BCUT2D eigenvalue weighted by atomic mass is 10.0. The first kappa shape index (κ1) is 85.3. The van der Waals surface area contributed by atoms with Crippen molar-refractivity contribution in [3.63, 3.8) is 0 Å². The molecule has 0 unspecified atom stereocenters. The van der Waals surface area contributed by atoms with Crippen molar-refractivity contribution in [1.82, 2.24) is 98.0 Å². The van der Waals surface area contributed by atoms with E-state index >= 15 is 0 Å². The predicted molar refractivity (Wildman–Crippen MR) is 562 cm³/mol. The van der Waals surface area contributed by atoms with E-state index in [9.17, 15) is 0 Å². The third-order valence-electron chi connectivity index (χ3n) is 24.7. The fourth-order valence-electron chi connectivity index (χ4n) is 18.1. The Bertz CT molecular complexity index is 8920. The van der Waals surface area contributed by atoms with Gasteiger partial charge in [0.15, 0.2) is 22.3 Å². The van der Waals surface area contributed by atoms with Gasteiger partial charge in [0.2, 0.25) is 23.6 Å². The second-order valence-corrected chi connectivity index (χ2v) is 33.8. The molecular weight excluding hydrogens is 1790 g/mol. The number of rotatable bonds is 16. The van der Waals surface area contributed by atoms with Gasteiger partial charge in [-0.1, -0.05) is 170 Å². The average Bonchev–Trinajstić information content (AvgIpc) is 1.57. The van der Waals surface area contributed by atoms with E-state index in [1.807, 2.05) is 328 Å². The van der Waals surface area contributed by atoms with E-state index < -0.39 is 0 Å². The van der Waals surface area contributed by atoms with E-state index in [-0.39, 0.29) is 0 Å². The molecule has 0 aliphatic carbocycles. The minimum absolute atomic E-state index is 0.494. The maximum Gasteiger partial charge on any atom is 0.229 e. The molecule has 24 nitrogen and oxygen atoms in total. The molecule has 16 aromatic heterocycles. The second kappa shape index (κ2) is 37.6. The minimum atomic E-state index is 0.494. The maximum absolute atomic E-state index is 5.99. The molecule has 28 aromatic rings. The van der Waals surface area contributed by atoms with Gasteiger partial charge in [-0.15, -0.1) is 0 Å². The van der Waals surface area contributed by atoms with Crippen LogP contribution < -0.4 is 0 Å². The Labute approximate surface area is 820 Å². The van der Waals surface area contributed by atoms with E-state index in [2.05, 4.69) is 165 Å². The van der Waals surface area contributed by atoms with Crippen LogP contribution in [0.25, 0.3) is 248 Å². The number of oxazole rings is 4. The number of hydrogen-bond donors (Lipinski definition) is 0. The summed E-state index contributed by atoms with van der Waals surface area (Å²) in [5.74, 6) is 5.35. The van der Waals surface area contributed by atoms with Gasteiger partial charge in [-0.05, 0) is 218 Å². The summed E-state index contributed by atoms with van der Waals surface area (Å²) in [6.45, 7) is 0. The molecule has 28 rings (SSSR count). The van der Waals surface area contributed by atoms with Crippen LogP contribution in [-0.4, -0.2) is 98.0 Å². The monoisotopic (exact) mass is 1860 g/mol. The molecule has 680 valence electrons. The van der Waals surface area contributed by atoms with Crippen LogP contribution in [0.3, 0.4) is 0 Å². The summed E-state index contributed by atoms with van der Waals surface area (Å²) in [5.41, 5.74) is 31.4. The van der Waals surface area contributed by atoms with Gasteiger partial charge >= 0.3 is 0 Å². The molecule has 0 saturated carbocycles. The summed E-state index contributed by atoms with van der Waals surface area (Å²) < 4.78 is 32.5. The number of para-hydroxylation sites is 20. The van der Waals surface area contributed by atoms with E-state index in [4.69, 9.17) is 47.6 Å². The Morgan fingerprint density at radius 3 is 0.694 bits per heavy atom.